The Kier molecular flexibility index (Phi) is 2.72. The predicted octanol–water partition coefficient (Wildman–Crippen LogP) is 1.51. The van der Waals surface area contributed by atoms with Crippen LogP contribution in [0, 0.1) is 38.3 Å². The number of halogens is 1. The Balaban J connectivity index is 3.03. The summed E-state index contributed by atoms with van der Waals surface area (Å²) in [5.74, 6) is 0. The summed E-state index contributed by atoms with van der Waals surface area (Å²) in [6.07, 6.45) is 0. The predicted molar refractivity (Wildman–Crippen MR) is 31.1 cm³/mol. The number of hydrogen-bond donors (Lipinski definition) is 0. The van der Waals surface area contributed by atoms with E-state index in [-0.39, 0.29) is 0 Å². The van der Waals surface area contributed by atoms with Crippen LogP contribution in [-0.2, 0) is 0 Å². The van der Waals surface area contributed by atoms with Gasteiger partial charge in [-0.15, -0.1) is 0 Å². The second-order valence-corrected chi connectivity index (χ2v) is 3.40. The molecule has 0 spiro atoms. The van der Waals surface area contributed by atoms with E-state index in [9.17, 15) is 0 Å². The van der Waals surface area contributed by atoms with E-state index in [0.717, 1.165) is 5.02 Å². The first-order valence-corrected chi connectivity index (χ1v) is 3.90. The number of rotatable bonds is 0. The second kappa shape index (κ2) is 3.13. The van der Waals surface area contributed by atoms with Crippen LogP contribution < -0.4 is 1.28 Å². The van der Waals surface area contributed by atoms with Gasteiger partial charge in [0.15, 0.2) is 0 Å². The molecule has 2 heteroatoms. The van der Waals surface area contributed by atoms with Crippen LogP contribution in [0.25, 0.3) is 0 Å². The average molecular weight is 262 g/mol. The normalized spacial score (nSPS) is 9.12. The number of benzene rings is 1. The summed E-state index contributed by atoms with van der Waals surface area (Å²) in [5, 5.41) is 0.815. The first-order chi connectivity index (χ1) is 3.79. The van der Waals surface area contributed by atoms with Gasteiger partial charge in [0.25, 0.3) is 0 Å². The topological polar surface area (TPSA) is 0 Å². The standard InChI is InChI=1S/C6H4Cl.Sm/c7-6-4-2-1-3-5-6;/h2-5H;. The Hall–Kier alpha value is 0.848. The van der Waals surface area contributed by atoms with E-state index in [1.165, 1.54) is 39.6 Å². The van der Waals surface area contributed by atoms with Crippen molar-refractivity contribution in [3.05, 3.63) is 29.3 Å². The van der Waals surface area contributed by atoms with Crippen LogP contribution in [0.1, 0.15) is 0 Å². The minimum absolute atomic E-state index is 0.815. The Morgan fingerprint density at radius 3 is 2.00 bits per heavy atom. The second-order valence-electron chi connectivity index (χ2n) is 1.45. The van der Waals surface area contributed by atoms with Crippen LogP contribution in [0.5, 0.6) is 0 Å². The Bertz CT molecular complexity index is 147. The van der Waals surface area contributed by atoms with Crippen LogP contribution in [0.3, 0.4) is 0 Å². The summed E-state index contributed by atoms with van der Waals surface area (Å²) in [6.45, 7) is 0. The van der Waals surface area contributed by atoms with E-state index in [4.69, 9.17) is 11.6 Å². The summed E-state index contributed by atoms with van der Waals surface area (Å²) < 4.78 is 1.33. The molecule has 8 heavy (non-hydrogen) atoms. The molecule has 41 valence electrons. The third kappa shape index (κ3) is 1.99. The van der Waals surface area contributed by atoms with Crippen molar-refractivity contribution in [3.8, 4) is 0 Å². The zero-order chi connectivity index (χ0) is 5.98. The fourth-order valence-electron chi connectivity index (χ4n) is 0.435. The number of hydrogen-bond acceptors (Lipinski definition) is 0. The summed E-state index contributed by atoms with van der Waals surface area (Å²) >= 11 is 7.10. The fourth-order valence-corrected chi connectivity index (χ4v) is 0.997. The van der Waals surface area contributed by atoms with Crippen molar-refractivity contribution in [2.75, 3.05) is 0 Å². The molecular weight excluding hydrogens is 258 g/mol. The van der Waals surface area contributed by atoms with Crippen LogP contribution in [0.15, 0.2) is 24.3 Å². The van der Waals surface area contributed by atoms with Crippen LogP contribution in [-0.4, -0.2) is 0 Å². The summed E-state index contributed by atoms with van der Waals surface area (Å²) in [6, 6.07) is 7.86. The summed E-state index contributed by atoms with van der Waals surface area (Å²) in [5.41, 5.74) is 0. The van der Waals surface area contributed by atoms with Gasteiger partial charge in [0.05, 0.1) is 0 Å². The Morgan fingerprint density at radius 1 is 1.12 bits per heavy atom. The van der Waals surface area contributed by atoms with Gasteiger partial charge in [-0.05, 0) is 0 Å². The van der Waals surface area contributed by atoms with Gasteiger partial charge >= 0.3 is 80.5 Å². The third-order valence-electron chi connectivity index (χ3n) is 0.814. The summed E-state index contributed by atoms with van der Waals surface area (Å²) in [4.78, 5) is 0. The summed E-state index contributed by atoms with van der Waals surface area (Å²) in [7, 11) is 0. The van der Waals surface area contributed by atoms with Crippen molar-refractivity contribution in [1.29, 1.82) is 0 Å². The quantitative estimate of drug-likeness (QED) is 0.664. The van der Waals surface area contributed by atoms with E-state index in [1.807, 2.05) is 24.3 Å². The maximum absolute atomic E-state index is 5.62. The maximum atomic E-state index is 5.62. The molecule has 1 rings (SSSR count). The molecule has 1 aromatic rings. The molecular formula is C6H4ClSm. The molecule has 0 fully saturated rings. The first-order valence-electron chi connectivity index (χ1n) is 2.21. The molecule has 0 atom stereocenters. The molecule has 0 saturated carbocycles. The van der Waals surface area contributed by atoms with Gasteiger partial charge in [-0.3, -0.25) is 0 Å². The molecule has 0 aliphatic heterocycles. The van der Waals surface area contributed by atoms with E-state index >= 15 is 0 Å². The molecule has 0 N–H and O–H groups in total. The third-order valence-corrected chi connectivity index (χ3v) is 1.94. The molecule has 0 nitrogen and oxygen atoms in total. The monoisotopic (exact) mass is 263 g/mol. The molecule has 0 aliphatic rings. The minimum atomic E-state index is 0.815. The van der Waals surface area contributed by atoms with E-state index < -0.39 is 0 Å². The molecule has 0 aromatic heterocycles. The van der Waals surface area contributed by atoms with Gasteiger partial charge in [-0.25, -0.2) is 0 Å². The molecule has 0 unspecified atom stereocenters. The van der Waals surface area contributed by atoms with Crippen LogP contribution >= 0.6 is 11.6 Å². The zero-order valence-electron chi connectivity index (χ0n) is 4.10. The van der Waals surface area contributed by atoms with Gasteiger partial charge < -0.3 is 0 Å². The molecule has 0 bridgehead atoms. The van der Waals surface area contributed by atoms with Crippen molar-refractivity contribution in [2.45, 2.75) is 0 Å². The van der Waals surface area contributed by atoms with Crippen molar-refractivity contribution in [3.63, 3.8) is 0 Å². The van der Waals surface area contributed by atoms with E-state index in [2.05, 4.69) is 0 Å². The van der Waals surface area contributed by atoms with Crippen LogP contribution in [0.4, 0.5) is 0 Å². The van der Waals surface area contributed by atoms with Crippen molar-refractivity contribution in [2.24, 2.45) is 0 Å². The SMILES string of the molecule is Clc1cc[c]([Sm])cc1. The fraction of sp³-hybridized carbons (Fsp3) is 0. The molecule has 0 radical (unpaired) electrons. The van der Waals surface area contributed by atoms with E-state index in [0.29, 0.717) is 0 Å². The first kappa shape index (κ1) is 6.96. The van der Waals surface area contributed by atoms with Gasteiger partial charge in [-0.1, -0.05) is 0 Å². The van der Waals surface area contributed by atoms with Gasteiger partial charge in [0, 0.05) is 0 Å². The zero-order valence-corrected chi connectivity index (χ0v) is 7.47. The van der Waals surface area contributed by atoms with E-state index in [1.54, 1.807) is 0 Å². The van der Waals surface area contributed by atoms with Gasteiger partial charge in [0.2, 0.25) is 0 Å². The molecule has 0 saturated heterocycles. The Labute approximate surface area is 79.5 Å². The van der Waals surface area contributed by atoms with Crippen molar-refractivity contribution < 1.29 is 38.3 Å². The van der Waals surface area contributed by atoms with Crippen molar-refractivity contribution >= 4 is 12.9 Å². The molecule has 0 amide bonds. The van der Waals surface area contributed by atoms with Crippen LogP contribution in [0.2, 0.25) is 5.02 Å². The van der Waals surface area contributed by atoms with Crippen molar-refractivity contribution in [1.82, 2.24) is 0 Å². The molecule has 0 aliphatic carbocycles. The molecule has 1 aromatic carbocycles. The van der Waals surface area contributed by atoms with Gasteiger partial charge in [0.1, 0.15) is 0 Å². The Morgan fingerprint density at radius 2 is 1.62 bits per heavy atom. The average Bonchev–Trinajstić information content (AvgIpc) is 1.77. The van der Waals surface area contributed by atoms with Gasteiger partial charge in [-0.2, -0.15) is 0 Å². The molecule has 0 heterocycles.